The number of rotatable bonds is 7. The highest BCUT2D eigenvalue weighted by atomic mass is 35.5. The number of aromatic nitrogens is 2. The van der Waals surface area contributed by atoms with Gasteiger partial charge >= 0.3 is 12.0 Å². The summed E-state index contributed by atoms with van der Waals surface area (Å²) in [4.78, 5) is 29.8. The Balaban J connectivity index is 1.54. The number of hydrogen-bond donors (Lipinski definition) is 2. The summed E-state index contributed by atoms with van der Waals surface area (Å²) in [6.45, 7) is 5.31. The average molecular weight is 487 g/mol. The Kier molecular flexibility index (Phi) is 7.49. The minimum atomic E-state index is -0.626. The standard InChI is InChI=1S/C23H27ClN6O4/c1-3-34-22(31)20-17(25-23(32)26-21(20)15-4-6-16(33-2)7-5-15)14-29-10-12-30(13-11-29)19-9-8-18(24)27-28-19/h4-9,21H,3,10-14H2,1-2H3,(H2,25,26,32)/t21-/m0/s1. The molecule has 2 amide bonds. The number of hydrogen-bond acceptors (Lipinski definition) is 8. The van der Waals surface area contributed by atoms with Crippen molar-refractivity contribution in [2.45, 2.75) is 13.0 Å². The molecule has 0 saturated carbocycles. The zero-order valence-electron chi connectivity index (χ0n) is 19.1. The van der Waals surface area contributed by atoms with E-state index >= 15 is 0 Å². The van der Waals surface area contributed by atoms with Gasteiger partial charge in [0.25, 0.3) is 0 Å². The van der Waals surface area contributed by atoms with Gasteiger partial charge in [-0.2, -0.15) is 0 Å². The number of halogens is 1. The van der Waals surface area contributed by atoms with Crippen LogP contribution in [-0.2, 0) is 9.53 Å². The maximum absolute atomic E-state index is 13.0. The van der Waals surface area contributed by atoms with Crippen molar-refractivity contribution in [1.82, 2.24) is 25.7 Å². The van der Waals surface area contributed by atoms with Gasteiger partial charge in [0.05, 0.1) is 25.3 Å². The second-order valence-corrected chi connectivity index (χ2v) is 8.28. The molecule has 2 aliphatic heterocycles. The van der Waals surface area contributed by atoms with Crippen LogP contribution in [-0.4, -0.2) is 73.5 Å². The van der Waals surface area contributed by atoms with E-state index in [2.05, 4.69) is 30.6 Å². The number of methoxy groups -OCH3 is 1. The Morgan fingerprint density at radius 1 is 1.12 bits per heavy atom. The van der Waals surface area contributed by atoms with E-state index in [9.17, 15) is 9.59 Å². The smallest absolute Gasteiger partial charge is 0.338 e. The second kappa shape index (κ2) is 10.7. The summed E-state index contributed by atoms with van der Waals surface area (Å²) in [6, 6.07) is 9.83. The van der Waals surface area contributed by atoms with Crippen molar-refractivity contribution in [3.63, 3.8) is 0 Å². The van der Waals surface area contributed by atoms with Crippen LogP contribution in [0.5, 0.6) is 5.75 Å². The molecule has 11 heteroatoms. The molecule has 2 aromatic rings. The fourth-order valence-corrected chi connectivity index (χ4v) is 4.18. The third-order valence-corrected chi connectivity index (χ3v) is 6.00. The van der Waals surface area contributed by atoms with Crippen LogP contribution in [0, 0.1) is 0 Å². The van der Waals surface area contributed by atoms with Crippen LogP contribution in [0.2, 0.25) is 5.15 Å². The first kappa shape index (κ1) is 23.8. The van der Waals surface area contributed by atoms with Gasteiger partial charge in [-0.25, -0.2) is 9.59 Å². The van der Waals surface area contributed by atoms with Gasteiger partial charge in [0, 0.05) is 38.4 Å². The first-order valence-corrected chi connectivity index (χ1v) is 11.4. The highest BCUT2D eigenvalue weighted by Crippen LogP contribution is 2.29. The maximum Gasteiger partial charge on any atom is 0.338 e. The lowest BCUT2D eigenvalue weighted by atomic mass is 9.94. The highest BCUT2D eigenvalue weighted by molar-refractivity contribution is 6.29. The van der Waals surface area contributed by atoms with Crippen LogP contribution in [0.3, 0.4) is 0 Å². The van der Waals surface area contributed by atoms with Gasteiger partial charge in [0.15, 0.2) is 11.0 Å². The Morgan fingerprint density at radius 3 is 2.47 bits per heavy atom. The van der Waals surface area contributed by atoms with Gasteiger partial charge in [-0.15, -0.1) is 10.2 Å². The summed E-state index contributed by atoms with van der Waals surface area (Å²) >= 11 is 5.84. The van der Waals surface area contributed by atoms with E-state index in [0.29, 0.717) is 28.7 Å². The molecule has 1 fully saturated rings. The van der Waals surface area contributed by atoms with E-state index in [4.69, 9.17) is 21.1 Å². The van der Waals surface area contributed by atoms with Crippen LogP contribution < -0.4 is 20.3 Å². The molecule has 1 saturated heterocycles. The molecule has 3 heterocycles. The molecule has 2 N–H and O–H groups in total. The number of amides is 2. The minimum absolute atomic E-state index is 0.236. The zero-order valence-corrected chi connectivity index (χ0v) is 19.8. The topological polar surface area (TPSA) is 109 Å². The van der Waals surface area contributed by atoms with Crippen LogP contribution in [0.15, 0.2) is 47.7 Å². The summed E-state index contributed by atoms with van der Waals surface area (Å²) in [7, 11) is 1.59. The lowest BCUT2D eigenvalue weighted by molar-refractivity contribution is -0.139. The number of benzene rings is 1. The number of carbonyl (C=O) groups is 2. The molecule has 0 bridgehead atoms. The van der Waals surface area contributed by atoms with E-state index in [1.54, 1.807) is 32.2 Å². The third-order valence-electron chi connectivity index (χ3n) is 5.79. The van der Waals surface area contributed by atoms with E-state index in [1.165, 1.54) is 0 Å². The highest BCUT2D eigenvalue weighted by Gasteiger charge is 2.34. The normalized spacial score (nSPS) is 18.9. The van der Waals surface area contributed by atoms with E-state index in [1.807, 2.05) is 18.2 Å². The SMILES string of the molecule is CCOC(=O)C1=C(CN2CCN(c3ccc(Cl)nn3)CC2)NC(=O)N[C@H]1c1ccc(OC)cc1. The summed E-state index contributed by atoms with van der Waals surface area (Å²) < 4.78 is 10.6. The number of esters is 1. The molecule has 1 atom stereocenters. The third kappa shape index (κ3) is 5.40. The lowest BCUT2D eigenvalue weighted by Gasteiger charge is -2.37. The van der Waals surface area contributed by atoms with Crippen molar-refractivity contribution >= 4 is 29.4 Å². The van der Waals surface area contributed by atoms with Gasteiger partial charge in [-0.05, 0) is 36.8 Å². The monoisotopic (exact) mass is 486 g/mol. The Morgan fingerprint density at radius 2 is 1.85 bits per heavy atom. The molecule has 0 spiro atoms. The van der Waals surface area contributed by atoms with Crippen LogP contribution in [0.25, 0.3) is 0 Å². The van der Waals surface area contributed by atoms with Crippen molar-refractivity contribution < 1.29 is 19.1 Å². The molecule has 10 nitrogen and oxygen atoms in total. The molecule has 180 valence electrons. The molecule has 0 radical (unpaired) electrons. The summed E-state index contributed by atoms with van der Waals surface area (Å²) in [5.41, 5.74) is 1.71. The van der Waals surface area contributed by atoms with Crippen molar-refractivity contribution in [2.24, 2.45) is 0 Å². The summed E-state index contributed by atoms with van der Waals surface area (Å²) in [5, 5.41) is 14.1. The summed E-state index contributed by atoms with van der Waals surface area (Å²) in [6.07, 6.45) is 0. The second-order valence-electron chi connectivity index (χ2n) is 7.89. The largest absolute Gasteiger partial charge is 0.497 e. The van der Waals surface area contributed by atoms with Crippen molar-refractivity contribution in [3.05, 3.63) is 58.4 Å². The van der Waals surface area contributed by atoms with E-state index < -0.39 is 12.0 Å². The number of carbonyl (C=O) groups excluding carboxylic acids is 2. The number of nitrogens with zero attached hydrogens (tertiary/aromatic N) is 4. The predicted molar refractivity (Wildman–Crippen MR) is 127 cm³/mol. The fourth-order valence-electron chi connectivity index (χ4n) is 4.08. The first-order valence-electron chi connectivity index (χ1n) is 11.1. The number of ether oxygens (including phenoxy) is 2. The molecule has 34 heavy (non-hydrogen) atoms. The molecular weight excluding hydrogens is 460 g/mol. The number of anilines is 1. The van der Waals surface area contributed by atoms with Crippen molar-refractivity contribution in [1.29, 1.82) is 0 Å². The summed E-state index contributed by atoms with van der Waals surface area (Å²) in [5.74, 6) is 1.00. The molecule has 0 aliphatic carbocycles. The van der Waals surface area contributed by atoms with Crippen LogP contribution >= 0.6 is 11.6 Å². The van der Waals surface area contributed by atoms with Crippen LogP contribution in [0.1, 0.15) is 18.5 Å². The Bertz CT molecular complexity index is 1050. The van der Waals surface area contributed by atoms with Gasteiger partial charge in [-0.3, -0.25) is 4.90 Å². The molecular formula is C23H27ClN6O4. The maximum atomic E-state index is 13.0. The minimum Gasteiger partial charge on any atom is -0.497 e. The fraction of sp³-hybridized carbons (Fsp3) is 0.391. The quantitative estimate of drug-likeness (QED) is 0.573. The Hall–Kier alpha value is -3.37. The van der Waals surface area contributed by atoms with Gasteiger partial charge < -0.3 is 25.0 Å². The lowest BCUT2D eigenvalue weighted by Crippen LogP contribution is -2.52. The van der Waals surface area contributed by atoms with Crippen molar-refractivity contribution in [2.75, 3.05) is 51.3 Å². The number of nitrogens with one attached hydrogen (secondary N) is 2. The average Bonchev–Trinajstić information content (AvgIpc) is 2.85. The number of urea groups is 1. The number of piperazine rings is 1. The predicted octanol–water partition coefficient (Wildman–Crippen LogP) is 2.13. The molecule has 0 unspecified atom stereocenters. The molecule has 1 aromatic carbocycles. The van der Waals surface area contributed by atoms with Gasteiger partial charge in [-0.1, -0.05) is 23.7 Å². The van der Waals surface area contributed by atoms with E-state index in [-0.39, 0.29) is 12.6 Å². The molecule has 1 aromatic heterocycles. The van der Waals surface area contributed by atoms with Gasteiger partial charge in [0.1, 0.15) is 5.75 Å². The van der Waals surface area contributed by atoms with E-state index in [0.717, 1.165) is 37.6 Å². The Labute approximate surface area is 202 Å². The van der Waals surface area contributed by atoms with Crippen LogP contribution in [0.4, 0.5) is 10.6 Å². The zero-order chi connectivity index (χ0) is 24.1. The first-order chi connectivity index (χ1) is 16.5. The van der Waals surface area contributed by atoms with Crippen molar-refractivity contribution in [3.8, 4) is 5.75 Å². The molecule has 4 rings (SSSR count). The molecule has 2 aliphatic rings. The van der Waals surface area contributed by atoms with Gasteiger partial charge in [0.2, 0.25) is 0 Å².